The number of ether oxygens (including phenoxy) is 9. The summed E-state index contributed by atoms with van der Waals surface area (Å²) >= 11 is 6.82. The fourth-order valence-electron chi connectivity index (χ4n) is 9.38. The number of thioether (sulfide) groups is 1. The van der Waals surface area contributed by atoms with Crippen LogP contribution < -0.4 is 0 Å². The average molecular weight is 1260 g/mol. The molecule has 19 nitrogen and oxygen atoms in total. The number of benzene rings is 8. The molecular weight excluding hydrogens is 1200 g/mol. The Morgan fingerprint density at radius 2 is 0.640 bits per heavy atom. The van der Waals surface area contributed by atoms with Gasteiger partial charge in [0.25, 0.3) is 0 Å². The fourth-order valence-corrected chi connectivity index (χ4v) is 11.8. The van der Waals surface area contributed by atoms with Crippen molar-refractivity contribution < 1.29 is 90.1 Å². The molecule has 0 aliphatic carbocycles. The Hall–Kier alpha value is -9.15. The highest BCUT2D eigenvalue weighted by Crippen LogP contribution is 2.49. The van der Waals surface area contributed by atoms with Crippen molar-refractivity contribution in [1.82, 2.24) is 0 Å². The van der Waals surface area contributed by atoms with Gasteiger partial charge in [-0.1, -0.05) is 157 Å². The minimum atomic E-state index is -4.94. The molecule has 454 valence electrons. The lowest BCUT2D eigenvalue weighted by Gasteiger charge is -2.45. The van der Waals surface area contributed by atoms with E-state index in [2.05, 4.69) is 0 Å². The summed E-state index contributed by atoms with van der Waals surface area (Å²) in [7, 11) is 0. The second kappa shape index (κ2) is 30.2. The van der Waals surface area contributed by atoms with Crippen LogP contribution in [0, 0.1) is 0 Å². The quantitative estimate of drug-likeness (QED) is 0.0377. The van der Waals surface area contributed by atoms with Crippen LogP contribution in [0.25, 0.3) is 0 Å². The van der Waals surface area contributed by atoms with Gasteiger partial charge in [0.05, 0.1) is 45.6 Å². The van der Waals surface area contributed by atoms with Crippen LogP contribution in [-0.2, 0) is 63.5 Å². The third-order valence-electron chi connectivity index (χ3n) is 13.7. The molecule has 2 heterocycles. The lowest BCUT2D eigenvalue weighted by molar-refractivity contribution is -0.277. The first-order valence-electron chi connectivity index (χ1n) is 27.7. The standard InChI is InChI=1S/C67H55O19PS2/c68-59(43-25-9-1-10-26-43)76-41-51-53(80-60(69)44-27-11-2-12-28-44)55(82-62(71)46-31-15-4-16-32-46)57(84-64(73)48-35-19-6-20-36-48)66(78-51)86-87(75,88)77-42-52-54(81-61(70)45-29-13-3-14-30-45)56(83-63(72)47-33-17-5-18-34-47)58(85-65(74)49-37-21-7-22-38-49)67(79-52)89-50-39-23-8-24-40-50/h1-40,51-58,66-67H,41-42H2,(H,75,88)/t51-,52-,53-,54-,55+,56+,57+,58-,66-,67+,87?/m1/s1. The monoisotopic (exact) mass is 1260 g/mol. The molecule has 2 aliphatic rings. The largest absolute Gasteiger partial charge is 0.459 e. The van der Waals surface area contributed by atoms with E-state index in [9.17, 15) is 38.5 Å². The van der Waals surface area contributed by atoms with Gasteiger partial charge >= 0.3 is 48.5 Å². The van der Waals surface area contributed by atoms with Crippen LogP contribution in [0.3, 0.4) is 0 Å². The molecule has 1 N–H and O–H groups in total. The van der Waals surface area contributed by atoms with E-state index >= 15 is 0 Å². The molecule has 0 bridgehead atoms. The molecule has 1 unspecified atom stereocenters. The van der Waals surface area contributed by atoms with E-state index in [-0.39, 0.29) is 38.9 Å². The number of rotatable bonds is 22. The first-order chi connectivity index (χ1) is 43.3. The summed E-state index contributed by atoms with van der Waals surface area (Å²) in [5.41, 5.74) is -0.909. The summed E-state index contributed by atoms with van der Waals surface area (Å²) < 4.78 is 68.7. The van der Waals surface area contributed by atoms with Crippen LogP contribution in [0.2, 0.25) is 0 Å². The van der Waals surface area contributed by atoms with Crippen LogP contribution in [-0.4, -0.2) is 120 Å². The lowest BCUT2D eigenvalue weighted by Crippen LogP contribution is -2.63. The molecule has 0 radical (unpaired) electrons. The highest BCUT2D eigenvalue weighted by molar-refractivity contribution is 8.07. The number of hydrogen-bond acceptors (Lipinski definition) is 20. The zero-order valence-electron chi connectivity index (χ0n) is 46.8. The third kappa shape index (κ3) is 16.7. The molecule has 10 rings (SSSR count). The molecule has 89 heavy (non-hydrogen) atoms. The molecule has 2 aliphatic heterocycles. The predicted octanol–water partition coefficient (Wildman–Crippen LogP) is 10.7. The average Bonchev–Trinajstić information content (AvgIpc) is 0.873. The van der Waals surface area contributed by atoms with Crippen molar-refractivity contribution in [3.8, 4) is 0 Å². The van der Waals surface area contributed by atoms with Gasteiger partial charge in [0.2, 0.25) is 6.29 Å². The Morgan fingerprint density at radius 1 is 0.360 bits per heavy atom. The van der Waals surface area contributed by atoms with Gasteiger partial charge in [0.15, 0.2) is 36.6 Å². The maximum atomic E-state index is 14.3. The molecule has 22 heteroatoms. The van der Waals surface area contributed by atoms with E-state index in [0.29, 0.717) is 4.90 Å². The van der Waals surface area contributed by atoms with Gasteiger partial charge in [0.1, 0.15) is 24.3 Å². The van der Waals surface area contributed by atoms with Crippen molar-refractivity contribution in [3.63, 3.8) is 0 Å². The van der Waals surface area contributed by atoms with Crippen molar-refractivity contribution in [3.05, 3.63) is 282 Å². The van der Waals surface area contributed by atoms with Crippen LogP contribution in [0.5, 0.6) is 0 Å². The van der Waals surface area contributed by atoms with E-state index < -0.39 is 122 Å². The molecule has 0 amide bonds. The minimum absolute atomic E-state index is 0.00366. The van der Waals surface area contributed by atoms with Crippen molar-refractivity contribution in [1.29, 1.82) is 0 Å². The molecule has 8 aromatic rings. The zero-order valence-corrected chi connectivity index (χ0v) is 49.4. The van der Waals surface area contributed by atoms with Crippen molar-refractivity contribution >= 4 is 72.1 Å². The number of carbonyl (C=O) groups is 7. The fraction of sp³-hybridized carbons (Fsp3) is 0.179. The SMILES string of the molecule is O=C(OC[C@H]1O[C@H](OP(O)(=S)OC[C@H]2O[C@@H](Sc3ccccc3)[C@H](OC(=O)c3ccccc3)[C@@H](OC(=O)c3ccccc3)[C@@H]2OC(=O)c2ccccc2)[C@@H](OC(=O)c2ccccc2)[C@@H](OC(=O)c2ccccc2)[C@@H]1OC(=O)c1ccccc1)c1ccccc1. The summed E-state index contributed by atoms with van der Waals surface area (Å²) in [5, 5.41) is 0. The summed E-state index contributed by atoms with van der Waals surface area (Å²) in [6, 6.07) is 63.4. The van der Waals surface area contributed by atoms with Crippen molar-refractivity contribution in [2.45, 2.75) is 65.5 Å². The summed E-state index contributed by atoms with van der Waals surface area (Å²) in [5.74, 6) is -6.58. The van der Waals surface area contributed by atoms with E-state index in [0.717, 1.165) is 11.8 Å². The molecule has 0 spiro atoms. The lowest BCUT2D eigenvalue weighted by atomic mass is 9.97. The van der Waals surface area contributed by atoms with Crippen molar-refractivity contribution in [2.24, 2.45) is 0 Å². The summed E-state index contributed by atoms with van der Waals surface area (Å²) in [4.78, 5) is 112. The normalized spacial score (nSPS) is 21.9. The highest BCUT2D eigenvalue weighted by atomic mass is 32.5. The Morgan fingerprint density at radius 3 is 1.00 bits per heavy atom. The molecular formula is C67H55O19PS2. The van der Waals surface area contributed by atoms with Crippen LogP contribution in [0.15, 0.2) is 248 Å². The maximum absolute atomic E-state index is 14.3. The van der Waals surface area contributed by atoms with E-state index in [1.54, 1.807) is 158 Å². The smallest absolute Gasteiger partial charge is 0.338 e. The van der Waals surface area contributed by atoms with Crippen molar-refractivity contribution in [2.75, 3.05) is 13.2 Å². The van der Waals surface area contributed by atoms with Crippen LogP contribution in [0.1, 0.15) is 72.5 Å². The van der Waals surface area contributed by atoms with Gasteiger partial charge in [-0.25, -0.2) is 33.6 Å². The van der Waals surface area contributed by atoms with Crippen LogP contribution in [0.4, 0.5) is 0 Å². The Labute approximate surface area is 519 Å². The third-order valence-corrected chi connectivity index (χ3v) is 16.4. The molecule has 0 aromatic heterocycles. The highest BCUT2D eigenvalue weighted by Gasteiger charge is 2.57. The predicted molar refractivity (Wildman–Crippen MR) is 324 cm³/mol. The zero-order chi connectivity index (χ0) is 62.1. The van der Waals surface area contributed by atoms with Gasteiger partial charge in [-0.15, -0.1) is 0 Å². The van der Waals surface area contributed by atoms with E-state index in [1.165, 1.54) is 84.9 Å². The second-order valence-electron chi connectivity index (χ2n) is 19.8. The Bertz CT molecular complexity index is 3730. The van der Waals surface area contributed by atoms with Crippen LogP contribution >= 0.6 is 18.5 Å². The van der Waals surface area contributed by atoms with E-state index in [4.69, 9.17) is 63.5 Å². The second-order valence-corrected chi connectivity index (χ2v) is 23.7. The molecule has 8 aromatic carbocycles. The topological polar surface area (TPSA) is 241 Å². The molecule has 0 saturated carbocycles. The van der Waals surface area contributed by atoms with Gasteiger partial charge in [0, 0.05) is 4.90 Å². The van der Waals surface area contributed by atoms with E-state index in [1.807, 2.05) is 0 Å². The van der Waals surface area contributed by atoms with Gasteiger partial charge in [-0.05, 0) is 109 Å². The molecule has 11 atom stereocenters. The molecule has 2 fully saturated rings. The number of esters is 7. The van der Waals surface area contributed by atoms with Gasteiger partial charge in [-0.3, -0.25) is 4.52 Å². The summed E-state index contributed by atoms with van der Waals surface area (Å²) in [6.45, 7) is -6.55. The van der Waals surface area contributed by atoms with Gasteiger partial charge < -0.3 is 52.0 Å². The Kier molecular flexibility index (Phi) is 21.3. The minimum Gasteiger partial charge on any atom is -0.459 e. The Balaban J connectivity index is 1.04. The first-order valence-corrected chi connectivity index (χ1v) is 31.2. The number of hydrogen-bond donors (Lipinski definition) is 1. The molecule has 2 saturated heterocycles. The van der Waals surface area contributed by atoms with Gasteiger partial charge in [-0.2, -0.15) is 0 Å². The maximum Gasteiger partial charge on any atom is 0.338 e. The summed E-state index contributed by atoms with van der Waals surface area (Å²) in [6.07, 6.45) is -16.1. The number of carbonyl (C=O) groups excluding carboxylic acids is 7. The first kappa shape index (κ1) is 62.9.